The Bertz CT molecular complexity index is 1090. The number of nitrogens with one attached hydrogen (secondary N) is 3. The van der Waals surface area contributed by atoms with Crippen molar-refractivity contribution in [2.75, 3.05) is 17.2 Å². The third kappa shape index (κ3) is 9.31. The van der Waals surface area contributed by atoms with Crippen LogP contribution < -0.4 is 16.0 Å². The molecule has 0 radical (unpaired) electrons. The largest absolute Gasteiger partial charge is 0.382 e. The maximum atomic E-state index is 14.2. The number of para-hydroxylation sites is 2. The van der Waals surface area contributed by atoms with Crippen molar-refractivity contribution in [3.8, 4) is 12.8 Å². The molecule has 0 saturated heterocycles. The number of aliphatic imine (C=N–C) groups is 1. The Morgan fingerprint density at radius 3 is 2.17 bits per heavy atom. The van der Waals surface area contributed by atoms with Crippen molar-refractivity contribution in [2.24, 2.45) is 4.99 Å². The molecule has 0 spiro atoms. The fourth-order valence-electron chi connectivity index (χ4n) is 3.24. The zero-order chi connectivity index (χ0) is 26.2. The lowest BCUT2D eigenvalue weighted by molar-refractivity contribution is 0.629. The predicted octanol–water partition coefficient (Wildman–Crippen LogP) is 7.53. The summed E-state index contributed by atoms with van der Waals surface area (Å²) in [6.45, 7) is 8.84. The van der Waals surface area contributed by atoms with Crippen LogP contribution in [0.25, 0.3) is 5.70 Å². The summed E-state index contributed by atoms with van der Waals surface area (Å²) in [6.07, 6.45) is 13.4. The van der Waals surface area contributed by atoms with Gasteiger partial charge in [0.15, 0.2) is 0 Å². The monoisotopic (exact) mass is 484 g/mol. The Balaban J connectivity index is 0.000000342. The normalized spacial score (nSPS) is 14.2. The molecule has 5 rings (SSSR count). The summed E-state index contributed by atoms with van der Waals surface area (Å²) in [4.78, 5) is 4.62. The third-order valence-electron chi connectivity index (χ3n) is 5.05. The number of nitrogens with zero attached hydrogens (tertiary/aromatic N) is 1. The zero-order valence-corrected chi connectivity index (χ0v) is 21.3. The summed E-state index contributed by atoms with van der Waals surface area (Å²) in [5.41, 5.74) is 3.78. The molecular formula is C31H37FN4. The molecule has 5 heteroatoms. The molecule has 0 aromatic heterocycles. The predicted molar refractivity (Wildman–Crippen MR) is 154 cm³/mol. The number of hydrogen-bond donors (Lipinski definition) is 3. The smallest absolute Gasteiger partial charge is 0.146 e. The summed E-state index contributed by atoms with van der Waals surface area (Å²) in [7, 11) is 0. The quantitative estimate of drug-likeness (QED) is 0.328. The van der Waals surface area contributed by atoms with E-state index in [2.05, 4.69) is 40.4 Å². The standard InChI is InChI=1S/C20H23FN4.C6H6.C3H6.C2H2/c1-4-12-22-19-15(9-7-10-17(19)21)13(2)23-20-16-8-5-6-11-18(16)24-14(3)25-20;1-2-4-6-5-3-1;1-2-3-1;1-2/h5-11,14,22,24H,2,4,12H2,1,3H3,(H,23,25);1-6H;1-3H2;1-2H/t14-;;;/m0.../s1. The van der Waals surface area contributed by atoms with Gasteiger partial charge in [0.05, 0.1) is 5.69 Å². The van der Waals surface area contributed by atoms with E-state index < -0.39 is 0 Å². The molecule has 1 saturated carbocycles. The topological polar surface area (TPSA) is 48.5 Å². The molecule has 4 nitrogen and oxygen atoms in total. The molecule has 188 valence electrons. The van der Waals surface area contributed by atoms with Gasteiger partial charge in [-0.1, -0.05) is 93.4 Å². The summed E-state index contributed by atoms with van der Waals surface area (Å²) in [5, 5.41) is 9.75. The summed E-state index contributed by atoms with van der Waals surface area (Å²) in [6, 6.07) is 25.0. The Morgan fingerprint density at radius 1 is 0.972 bits per heavy atom. The van der Waals surface area contributed by atoms with Gasteiger partial charge in [0.1, 0.15) is 17.8 Å². The molecule has 3 aromatic carbocycles. The van der Waals surface area contributed by atoms with E-state index in [1.54, 1.807) is 6.07 Å². The van der Waals surface area contributed by atoms with Crippen LogP contribution >= 0.6 is 0 Å². The van der Waals surface area contributed by atoms with E-state index in [1.807, 2.05) is 80.6 Å². The first-order valence-electron chi connectivity index (χ1n) is 12.4. The van der Waals surface area contributed by atoms with Crippen LogP contribution in [0, 0.1) is 18.7 Å². The molecule has 3 N–H and O–H groups in total. The van der Waals surface area contributed by atoms with E-state index in [-0.39, 0.29) is 12.0 Å². The SMILES string of the molecule is C#C.C1CC1.C=C(NC1=N[C@@H](C)Nc2ccccc21)c1cccc(F)c1NCCC.c1ccccc1. The van der Waals surface area contributed by atoms with Gasteiger partial charge < -0.3 is 16.0 Å². The zero-order valence-electron chi connectivity index (χ0n) is 21.3. The lowest BCUT2D eigenvalue weighted by Crippen LogP contribution is -2.31. The van der Waals surface area contributed by atoms with Gasteiger partial charge in [0, 0.05) is 29.1 Å². The van der Waals surface area contributed by atoms with Crippen LogP contribution in [0.5, 0.6) is 0 Å². The molecule has 0 amide bonds. The number of anilines is 2. The maximum absolute atomic E-state index is 14.2. The molecule has 2 aliphatic rings. The second kappa shape index (κ2) is 15.8. The van der Waals surface area contributed by atoms with E-state index in [9.17, 15) is 4.39 Å². The van der Waals surface area contributed by atoms with Crippen LogP contribution in [0.1, 0.15) is 50.7 Å². The number of terminal acetylenes is 1. The fraction of sp³-hybridized carbons (Fsp3) is 0.258. The van der Waals surface area contributed by atoms with Gasteiger partial charge >= 0.3 is 0 Å². The number of benzene rings is 3. The lowest BCUT2D eigenvalue weighted by Gasteiger charge is -2.25. The summed E-state index contributed by atoms with van der Waals surface area (Å²) < 4.78 is 14.2. The van der Waals surface area contributed by atoms with Gasteiger partial charge in [-0.05, 0) is 31.5 Å². The number of rotatable bonds is 5. The Morgan fingerprint density at radius 2 is 1.58 bits per heavy atom. The Hall–Kier alpha value is -4.04. The molecule has 1 aliphatic carbocycles. The molecule has 3 aromatic rings. The van der Waals surface area contributed by atoms with Crippen LogP contribution in [-0.2, 0) is 0 Å². The van der Waals surface area contributed by atoms with E-state index in [0.29, 0.717) is 23.5 Å². The maximum Gasteiger partial charge on any atom is 0.146 e. The average Bonchev–Trinajstić information content (AvgIpc) is 3.80. The first-order valence-corrected chi connectivity index (χ1v) is 12.4. The second-order valence-electron chi connectivity index (χ2n) is 8.25. The highest BCUT2D eigenvalue weighted by Gasteiger charge is 2.19. The molecule has 0 bridgehead atoms. The van der Waals surface area contributed by atoms with E-state index in [0.717, 1.165) is 23.5 Å². The van der Waals surface area contributed by atoms with Crippen molar-refractivity contribution in [2.45, 2.75) is 45.7 Å². The van der Waals surface area contributed by atoms with Crippen molar-refractivity contribution in [3.05, 3.63) is 102 Å². The van der Waals surface area contributed by atoms with Crippen molar-refractivity contribution >= 4 is 22.9 Å². The second-order valence-corrected chi connectivity index (χ2v) is 8.25. The van der Waals surface area contributed by atoms with Crippen molar-refractivity contribution in [1.82, 2.24) is 5.32 Å². The molecule has 1 aliphatic heterocycles. The van der Waals surface area contributed by atoms with Crippen LogP contribution in [0.3, 0.4) is 0 Å². The minimum absolute atomic E-state index is 0.0459. The summed E-state index contributed by atoms with van der Waals surface area (Å²) in [5.74, 6) is 0.451. The van der Waals surface area contributed by atoms with Gasteiger partial charge in [-0.25, -0.2) is 9.38 Å². The van der Waals surface area contributed by atoms with Gasteiger partial charge in [0.25, 0.3) is 0 Å². The molecular weight excluding hydrogens is 447 g/mol. The first kappa shape index (κ1) is 28.2. The minimum Gasteiger partial charge on any atom is -0.382 e. The number of fused-ring (bicyclic) bond motifs is 1. The van der Waals surface area contributed by atoms with Gasteiger partial charge in [-0.15, -0.1) is 12.8 Å². The minimum atomic E-state index is -0.282. The van der Waals surface area contributed by atoms with Crippen LogP contribution in [-0.4, -0.2) is 18.5 Å². The lowest BCUT2D eigenvalue weighted by atomic mass is 10.1. The van der Waals surface area contributed by atoms with E-state index in [1.165, 1.54) is 25.3 Å². The van der Waals surface area contributed by atoms with Crippen molar-refractivity contribution < 1.29 is 4.39 Å². The highest BCUT2D eigenvalue weighted by atomic mass is 19.1. The molecule has 1 fully saturated rings. The molecule has 36 heavy (non-hydrogen) atoms. The molecule has 1 heterocycles. The average molecular weight is 485 g/mol. The molecule has 0 unspecified atom stereocenters. The highest BCUT2D eigenvalue weighted by Crippen LogP contribution is 2.27. The molecule has 1 atom stereocenters. The number of hydrogen-bond acceptors (Lipinski definition) is 4. The van der Waals surface area contributed by atoms with Crippen LogP contribution in [0.2, 0.25) is 0 Å². The number of halogens is 1. The van der Waals surface area contributed by atoms with Crippen molar-refractivity contribution in [1.29, 1.82) is 0 Å². The Labute approximate surface area is 215 Å². The van der Waals surface area contributed by atoms with Crippen molar-refractivity contribution in [3.63, 3.8) is 0 Å². The van der Waals surface area contributed by atoms with Gasteiger partial charge in [0.2, 0.25) is 0 Å². The third-order valence-corrected chi connectivity index (χ3v) is 5.05. The highest BCUT2D eigenvalue weighted by molar-refractivity contribution is 6.08. The number of amidine groups is 1. The van der Waals surface area contributed by atoms with Gasteiger partial charge in [-0.2, -0.15) is 0 Å². The Kier molecular flexibility index (Phi) is 12.4. The van der Waals surface area contributed by atoms with E-state index >= 15 is 0 Å². The summed E-state index contributed by atoms with van der Waals surface area (Å²) >= 11 is 0. The first-order chi connectivity index (χ1) is 17.6. The fourth-order valence-corrected chi connectivity index (χ4v) is 3.24. The van der Waals surface area contributed by atoms with Gasteiger partial charge in [-0.3, -0.25) is 0 Å². The van der Waals surface area contributed by atoms with Crippen LogP contribution in [0.4, 0.5) is 15.8 Å². The van der Waals surface area contributed by atoms with Crippen LogP contribution in [0.15, 0.2) is 90.4 Å². The van der Waals surface area contributed by atoms with E-state index in [4.69, 9.17) is 0 Å².